The highest BCUT2D eigenvalue weighted by Crippen LogP contribution is 1.97. The molecule has 0 bridgehead atoms. The summed E-state index contributed by atoms with van der Waals surface area (Å²) in [6, 6.07) is 0. The first kappa shape index (κ1) is 4.29. The van der Waals surface area contributed by atoms with E-state index in [4.69, 9.17) is 11.6 Å². The zero-order chi connectivity index (χ0) is 3.58. The number of rotatable bonds is 0. The molecule has 0 spiro atoms. The zero-order valence-corrected chi connectivity index (χ0v) is 3.63. The first-order chi connectivity index (χ1) is 1.73. The molecule has 0 amide bonds. The lowest BCUT2D eigenvalue weighted by molar-refractivity contribution is 1.33. The number of halogens is 1. The zero-order valence-electron chi connectivity index (χ0n) is 2.88. The third-order valence-corrected chi connectivity index (χ3v) is 0. The van der Waals surface area contributed by atoms with Crippen molar-refractivity contribution < 1.29 is 0 Å². The van der Waals surface area contributed by atoms with Crippen molar-refractivity contribution >= 4 is 11.6 Å². The summed E-state index contributed by atoms with van der Waals surface area (Å²) in [6.45, 7) is 3.70. The van der Waals surface area contributed by atoms with Crippen molar-refractivity contribution in [3.63, 3.8) is 0 Å². The van der Waals surface area contributed by atoms with Gasteiger partial charge in [-0.2, -0.15) is 0 Å². The van der Waals surface area contributed by atoms with Crippen LogP contribution in [0.1, 0.15) is 13.8 Å². The molecule has 0 aromatic heterocycles. The molecule has 0 atom stereocenters. The van der Waals surface area contributed by atoms with E-state index >= 15 is 0 Å². The van der Waals surface area contributed by atoms with Crippen LogP contribution in [0.4, 0.5) is 0 Å². The second-order valence-electron chi connectivity index (χ2n) is 0.878. The maximum absolute atomic E-state index is 5.19. The van der Waals surface area contributed by atoms with Gasteiger partial charge >= 0.3 is 0 Å². The van der Waals surface area contributed by atoms with Crippen LogP contribution < -0.4 is 0 Å². The van der Waals surface area contributed by atoms with Gasteiger partial charge in [-0.3, -0.25) is 0 Å². The van der Waals surface area contributed by atoms with Gasteiger partial charge in [0, 0.05) is 0 Å². The molecule has 1 heteroatoms. The van der Waals surface area contributed by atoms with E-state index in [1.54, 1.807) is 0 Å². The molecule has 4 heavy (non-hydrogen) atoms. The summed E-state index contributed by atoms with van der Waals surface area (Å²) in [5.74, 6) is 0. The van der Waals surface area contributed by atoms with Gasteiger partial charge in [-0.15, -0.1) is 11.6 Å². The minimum absolute atomic E-state index is 0.889. The quantitative estimate of drug-likeness (QED) is 0.414. The van der Waals surface area contributed by atoms with Gasteiger partial charge in [0.2, 0.25) is 0 Å². The van der Waals surface area contributed by atoms with Crippen molar-refractivity contribution in [2.75, 3.05) is 0 Å². The molecule has 0 nitrogen and oxygen atoms in total. The molecule has 0 aliphatic heterocycles. The van der Waals surface area contributed by atoms with Crippen LogP contribution in [0.25, 0.3) is 0 Å². The van der Waals surface area contributed by atoms with E-state index in [9.17, 15) is 0 Å². The van der Waals surface area contributed by atoms with Crippen LogP contribution in [0, 0.1) is 5.38 Å². The Kier molecular flexibility index (Phi) is 1.71. The first-order valence-corrected chi connectivity index (χ1v) is 1.57. The third kappa shape index (κ3) is 45.3. The summed E-state index contributed by atoms with van der Waals surface area (Å²) in [5.41, 5.74) is 0. The fourth-order valence-corrected chi connectivity index (χ4v) is 0. The standard InChI is InChI=1S/C3H6Cl/c1-3(2)4/h1-2H3. The SMILES string of the molecule is C[C](C)Cl. The lowest BCUT2D eigenvalue weighted by atomic mass is 10.6. The van der Waals surface area contributed by atoms with Gasteiger partial charge in [-0.1, -0.05) is 0 Å². The van der Waals surface area contributed by atoms with Gasteiger partial charge in [0.05, 0.1) is 5.38 Å². The minimum Gasteiger partial charge on any atom is -0.118 e. The summed E-state index contributed by atoms with van der Waals surface area (Å²) >= 11 is 5.19. The summed E-state index contributed by atoms with van der Waals surface area (Å²) < 4.78 is 0. The molecule has 0 rings (SSSR count). The van der Waals surface area contributed by atoms with Crippen LogP contribution in [0.3, 0.4) is 0 Å². The molecule has 0 aromatic carbocycles. The molecule has 0 aliphatic carbocycles. The molecule has 0 saturated carbocycles. The maximum atomic E-state index is 5.19. The van der Waals surface area contributed by atoms with Crippen LogP contribution in [0.5, 0.6) is 0 Å². The summed E-state index contributed by atoms with van der Waals surface area (Å²) in [5, 5.41) is 0.889. The Balaban J connectivity index is 2.32. The summed E-state index contributed by atoms with van der Waals surface area (Å²) in [7, 11) is 0. The van der Waals surface area contributed by atoms with Gasteiger partial charge in [-0.25, -0.2) is 0 Å². The predicted octanol–water partition coefficient (Wildman–Crippen LogP) is 1.80. The normalized spacial score (nSPS) is 9.00. The van der Waals surface area contributed by atoms with Crippen LogP contribution in [0.2, 0.25) is 0 Å². The number of hydrogen-bond donors (Lipinski definition) is 0. The first-order valence-electron chi connectivity index (χ1n) is 1.19. The van der Waals surface area contributed by atoms with Gasteiger partial charge in [-0.05, 0) is 13.8 Å². The van der Waals surface area contributed by atoms with E-state index in [-0.39, 0.29) is 0 Å². The van der Waals surface area contributed by atoms with Crippen LogP contribution in [-0.2, 0) is 0 Å². The molecule has 0 N–H and O–H groups in total. The molecule has 0 aliphatic rings. The average molecular weight is 77.5 g/mol. The monoisotopic (exact) mass is 77.0 g/mol. The Bertz CT molecular complexity index is 8.00. The largest absolute Gasteiger partial charge is 0.118 e. The molecule has 0 aromatic rings. The second-order valence-corrected chi connectivity index (χ2v) is 1.63. The number of hydrogen-bond acceptors (Lipinski definition) is 0. The Morgan fingerprint density at radius 1 is 1.50 bits per heavy atom. The Labute approximate surface area is 31.8 Å². The highest BCUT2D eigenvalue weighted by molar-refractivity contribution is 6.26. The summed E-state index contributed by atoms with van der Waals surface area (Å²) in [4.78, 5) is 0. The molecular formula is C3H6Cl. The average Bonchev–Trinajstić information content (AvgIpc) is 0.811. The van der Waals surface area contributed by atoms with E-state index in [1.165, 1.54) is 0 Å². The van der Waals surface area contributed by atoms with E-state index in [0.717, 1.165) is 5.38 Å². The molecule has 1 radical (unpaired) electrons. The van der Waals surface area contributed by atoms with Crippen molar-refractivity contribution in [3.05, 3.63) is 5.38 Å². The third-order valence-electron chi connectivity index (χ3n) is 0. The summed E-state index contributed by atoms with van der Waals surface area (Å²) in [6.07, 6.45) is 0. The fraction of sp³-hybridized carbons (Fsp3) is 0.667. The highest BCUT2D eigenvalue weighted by Gasteiger charge is 1.73. The minimum atomic E-state index is 0.889. The van der Waals surface area contributed by atoms with Gasteiger partial charge in [0.15, 0.2) is 0 Å². The van der Waals surface area contributed by atoms with E-state index < -0.39 is 0 Å². The fourth-order valence-electron chi connectivity index (χ4n) is 0. The van der Waals surface area contributed by atoms with Crippen molar-refractivity contribution in [3.8, 4) is 0 Å². The topological polar surface area (TPSA) is 0 Å². The van der Waals surface area contributed by atoms with E-state index in [0.29, 0.717) is 0 Å². The van der Waals surface area contributed by atoms with Crippen molar-refractivity contribution in [1.29, 1.82) is 0 Å². The van der Waals surface area contributed by atoms with Crippen LogP contribution in [0.15, 0.2) is 0 Å². The second kappa shape index (κ2) is 1.59. The highest BCUT2D eigenvalue weighted by atomic mass is 35.5. The Morgan fingerprint density at radius 2 is 1.50 bits per heavy atom. The van der Waals surface area contributed by atoms with Gasteiger partial charge in [0.1, 0.15) is 0 Å². The maximum Gasteiger partial charge on any atom is 0.0576 e. The van der Waals surface area contributed by atoms with E-state index in [1.807, 2.05) is 13.8 Å². The lowest BCUT2D eigenvalue weighted by Crippen LogP contribution is -1.55. The molecular weight excluding hydrogens is 71.5 g/mol. The predicted molar refractivity (Wildman–Crippen MR) is 20.4 cm³/mol. The van der Waals surface area contributed by atoms with Crippen LogP contribution >= 0.6 is 11.6 Å². The molecule has 25 valence electrons. The Morgan fingerprint density at radius 3 is 1.50 bits per heavy atom. The van der Waals surface area contributed by atoms with Gasteiger partial charge in [0.25, 0.3) is 0 Å². The smallest absolute Gasteiger partial charge is 0.0576 e. The lowest BCUT2D eigenvalue weighted by Gasteiger charge is -1.74. The molecule has 0 unspecified atom stereocenters. The van der Waals surface area contributed by atoms with Crippen molar-refractivity contribution in [1.82, 2.24) is 0 Å². The molecule has 0 fully saturated rings. The van der Waals surface area contributed by atoms with Crippen molar-refractivity contribution in [2.45, 2.75) is 13.8 Å². The van der Waals surface area contributed by atoms with Crippen molar-refractivity contribution in [2.24, 2.45) is 0 Å². The van der Waals surface area contributed by atoms with Crippen LogP contribution in [-0.4, -0.2) is 0 Å². The van der Waals surface area contributed by atoms with Gasteiger partial charge < -0.3 is 0 Å². The molecule has 0 saturated heterocycles. The van der Waals surface area contributed by atoms with E-state index in [2.05, 4.69) is 0 Å². The molecule has 0 heterocycles. The Hall–Kier alpha value is 0.290.